The predicted octanol–water partition coefficient (Wildman–Crippen LogP) is 4.11. The van der Waals surface area contributed by atoms with Crippen molar-refractivity contribution < 1.29 is 30.5 Å². The monoisotopic (exact) mass is 364 g/mol. The molecule has 0 N–H and O–H groups in total. The first-order valence-corrected chi connectivity index (χ1v) is 9.00. The molecule has 1 aliphatic rings. The van der Waals surface area contributed by atoms with Crippen LogP contribution in [0.5, 0.6) is 0 Å². The van der Waals surface area contributed by atoms with Crippen molar-refractivity contribution in [3.05, 3.63) is 47.5 Å². The van der Waals surface area contributed by atoms with Gasteiger partial charge in [-0.05, 0) is 30.4 Å². The van der Waals surface area contributed by atoms with Crippen molar-refractivity contribution >= 4 is 10.1 Å². The molecule has 1 saturated heterocycles. The van der Waals surface area contributed by atoms with Crippen LogP contribution in [0.4, 0.5) is 13.2 Å². The maximum absolute atomic E-state index is 12.2. The number of alkyl halides is 3. The molecule has 8 heteroatoms. The fourth-order valence-electron chi connectivity index (χ4n) is 2.61. The summed E-state index contributed by atoms with van der Waals surface area (Å²) >= 11 is 0. The first-order chi connectivity index (χ1) is 11.2. The first-order valence-electron chi connectivity index (χ1n) is 7.59. The Morgan fingerprint density at radius 3 is 2.54 bits per heavy atom. The molecule has 2 rings (SSSR count). The van der Waals surface area contributed by atoms with E-state index in [2.05, 4.69) is 4.18 Å². The van der Waals surface area contributed by atoms with Gasteiger partial charge in [-0.1, -0.05) is 43.3 Å². The average molecular weight is 364 g/mol. The minimum atomic E-state index is -5.56. The Hall–Kier alpha value is -1.38. The lowest BCUT2D eigenvalue weighted by Crippen LogP contribution is -2.27. The zero-order chi connectivity index (χ0) is 17.8. The van der Waals surface area contributed by atoms with Crippen LogP contribution in [-0.2, 0) is 19.0 Å². The second-order valence-electron chi connectivity index (χ2n) is 5.43. The van der Waals surface area contributed by atoms with Gasteiger partial charge >= 0.3 is 15.6 Å². The minimum Gasteiger partial charge on any atom is -0.366 e. The molecule has 24 heavy (non-hydrogen) atoms. The van der Waals surface area contributed by atoms with Crippen molar-refractivity contribution in [2.24, 2.45) is 0 Å². The molecule has 134 valence electrons. The molecule has 0 amide bonds. The third-order valence-electron chi connectivity index (χ3n) is 3.83. The molecule has 0 saturated carbocycles. The van der Waals surface area contributed by atoms with Gasteiger partial charge in [-0.25, -0.2) is 0 Å². The van der Waals surface area contributed by atoms with Crippen LogP contribution < -0.4 is 0 Å². The Labute approximate surface area is 139 Å². The highest BCUT2D eigenvalue weighted by molar-refractivity contribution is 7.87. The second kappa shape index (κ2) is 7.67. The maximum atomic E-state index is 12.2. The lowest BCUT2D eigenvalue weighted by Gasteiger charge is -2.32. The van der Waals surface area contributed by atoms with Crippen molar-refractivity contribution in [2.45, 2.75) is 43.9 Å². The Balaban J connectivity index is 2.00. The first kappa shape index (κ1) is 19.0. The van der Waals surface area contributed by atoms with Gasteiger partial charge in [0.25, 0.3) is 0 Å². The fourth-order valence-corrected chi connectivity index (χ4v) is 3.00. The van der Waals surface area contributed by atoms with Crippen molar-refractivity contribution in [1.29, 1.82) is 0 Å². The highest BCUT2D eigenvalue weighted by Gasteiger charge is 2.47. The Bertz CT molecular complexity index is 668. The van der Waals surface area contributed by atoms with Gasteiger partial charge in [-0.2, -0.15) is 21.6 Å². The summed E-state index contributed by atoms with van der Waals surface area (Å²) in [5.74, 6) is 0. The highest BCUT2D eigenvalue weighted by atomic mass is 32.2. The van der Waals surface area contributed by atoms with Gasteiger partial charge in [0.2, 0.25) is 0 Å². The van der Waals surface area contributed by atoms with E-state index in [1.165, 1.54) is 6.08 Å². The van der Waals surface area contributed by atoms with E-state index in [1.54, 1.807) is 0 Å². The second-order valence-corrected chi connectivity index (χ2v) is 7.04. The van der Waals surface area contributed by atoms with Gasteiger partial charge in [0.1, 0.15) is 0 Å². The number of hydrogen-bond donors (Lipinski definition) is 0. The normalized spacial score (nSPS) is 24.2. The van der Waals surface area contributed by atoms with Gasteiger partial charge in [0.05, 0.1) is 18.8 Å². The smallest absolute Gasteiger partial charge is 0.366 e. The molecule has 0 bridgehead atoms. The van der Waals surface area contributed by atoms with E-state index in [-0.39, 0.29) is 12.2 Å². The van der Waals surface area contributed by atoms with Gasteiger partial charge in [-0.15, -0.1) is 0 Å². The molecule has 1 aromatic carbocycles. The Morgan fingerprint density at radius 2 is 1.96 bits per heavy atom. The van der Waals surface area contributed by atoms with E-state index in [4.69, 9.17) is 4.74 Å². The summed E-state index contributed by atoms with van der Waals surface area (Å²) in [5, 5.41) is 0. The van der Waals surface area contributed by atoms with Crippen LogP contribution in [0.15, 0.2) is 42.0 Å². The third-order valence-corrected chi connectivity index (χ3v) is 4.84. The predicted molar refractivity (Wildman–Crippen MR) is 82.6 cm³/mol. The fraction of sp³-hybridized carbons (Fsp3) is 0.500. The summed E-state index contributed by atoms with van der Waals surface area (Å²) < 4.78 is 68.4. The van der Waals surface area contributed by atoms with Gasteiger partial charge in [-0.3, -0.25) is 4.18 Å². The molecule has 0 aromatic heterocycles. The SMILES string of the molecule is CCC1OC(c2ccccc2)CCC1=CCOS(=O)(=O)C(F)(F)F. The number of halogens is 3. The molecule has 1 aliphatic heterocycles. The highest BCUT2D eigenvalue weighted by Crippen LogP contribution is 2.35. The van der Waals surface area contributed by atoms with E-state index in [0.717, 1.165) is 11.1 Å². The van der Waals surface area contributed by atoms with E-state index in [9.17, 15) is 21.6 Å². The number of rotatable bonds is 5. The van der Waals surface area contributed by atoms with Crippen molar-refractivity contribution in [2.75, 3.05) is 6.61 Å². The maximum Gasteiger partial charge on any atom is 0.523 e. The van der Waals surface area contributed by atoms with Crippen LogP contribution in [-0.4, -0.2) is 26.6 Å². The molecule has 0 radical (unpaired) electrons. The van der Waals surface area contributed by atoms with E-state index < -0.39 is 22.2 Å². The largest absolute Gasteiger partial charge is 0.523 e. The van der Waals surface area contributed by atoms with Gasteiger partial charge in [0.15, 0.2) is 0 Å². The van der Waals surface area contributed by atoms with Crippen LogP contribution in [0, 0.1) is 0 Å². The van der Waals surface area contributed by atoms with Crippen LogP contribution >= 0.6 is 0 Å². The summed E-state index contributed by atoms with van der Waals surface area (Å²) in [7, 11) is -5.56. The van der Waals surface area contributed by atoms with Crippen LogP contribution in [0.3, 0.4) is 0 Å². The lowest BCUT2D eigenvalue weighted by molar-refractivity contribution is -0.0536. The zero-order valence-electron chi connectivity index (χ0n) is 13.1. The molecule has 0 aliphatic carbocycles. The quantitative estimate of drug-likeness (QED) is 0.448. The average Bonchev–Trinajstić information content (AvgIpc) is 2.54. The molecule has 2 unspecified atom stereocenters. The van der Waals surface area contributed by atoms with Crippen LogP contribution in [0.2, 0.25) is 0 Å². The minimum absolute atomic E-state index is 0.0758. The van der Waals surface area contributed by atoms with Crippen molar-refractivity contribution in [1.82, 2.24) is 0 Å². The third kappa shape index (κ3) is 4.58. The summed E-state index contributed by atoms with van der Waals surface area (Å²) in [5.41, 5.74) is -3.59. The van der Waals surface area contributed by atoms with Gasteiger partial charge < -0.3 is 4.74 Å². The van der Waals surface area contributed by atoms with Crippen LogP contribution in [0.1, 0.15) is 37.9 Å². The molecule has 0 spiro atoms. The Kier molecular flexibility index (Phi) is 6.06. The van der Waals surface area contributed by atoms with Crippen molar-refractivity contribution in [3.8, 4) is 0 Å². The molecule has 4 nitrogen and oxygen atoms in total. The molecule has 1 fully saturated rings. The number of hydrogen-bond acceptors (Lipinski definition) is 4. The molecular weight excluding hydrogens is 345 g/mol. The molecule has 1 heterocycles. The summed E-state index contributed by atoms with van der Waals surface area (Å²) in [6.45, 7) is 1.26. The van der Waals surface area contributed by atoms with Gasteiger partial charge in [0, 0.05) is 0 Å². The summed E-state index contributed by atoms with van der Waals surface area (Å²) in [4.78, 5) is 0. The lowest BCUT2D eigenvalue weighted by atomic mass is 9.93. The molecular formula is C16H19F3O4S. The van der Waals surface area contributed by atoms with Crippen LogP contribution in [0.25, 0.3) is 0 Å². The van der Waals surface area contributed by atoms with Crippen molar-refractivity contribution in [3.63, 3.8) is 0 Å². The molecule has 2 atom stereocenters. The van der Waals surface area contributed by atoms with E-state index in [0.29, 0.717) is 19.3 Å². The standard InChI is InChI=1S/C16H19F3O4S/c1-2-14-13(10-11-22-24(20,21)16(17,18)19)8-9-15(23-14)12-6-4-3-5-7-12/h3-7,10,14-15H,2,8-9,11H2,1H3. The molecule has 1 aromatic rings. The number of benzene rings is 1. The summed E-state index contributed by atoms with van der Waals surface area (Å²) in [6, 6.07) is 9.67. The van der Waals surface area contributed by atoms with E-state index in [1.807, 2.05) is 37.3 Å². The summed E-state index contributed by atoms with van der Waals surface area (Å²) in [6.07, 6.45) is 2.97. The topological polar surface area (TPSA) is 52.6 Å². The number of ether oxygens (including phenoxy) is 1. The Morgan fingerprint density at radius 1 is 1.29 bits per heavy atom. The zero-order valence-corrected chi connectivity index (χ0v) is 13.9. The van der Waals surface area contributed by atoms with E-state index >= 15 is 0 Å².